The van der Waals surface area contributed by atoms with E-state index in [1.807, 2.05) is 0 Å². The predicted octanol–water partition coefficient (Wildman–Crippen LogP) is 0.834. The minimum absolute atomic E-state index is 0.115. The minimum Gasteiger partial charge on any atom is -0.298 e. The number of nitrogens with zero attached hydrogens (tertiary/aromatic N) is 3. The summed E-state index contributed by atoms with van der Waals surface area (Å²) in [5, 5.41) is 4.30. The molecule has 0 aliphatic carbocycles. The molecule has 7 heteroatoms. The summed E-state index contributed by atoms with van der Waals surface area (Å²) in [6, 6.07) is 3.29. The van der Waals surface area contributed by atoms with Crippen molar-refractivity contribution in [3.8, 4) is 0 Å². The van der Waals surface area contributed by atoms with Gasteiger partial charge in [-0.2, -0.15) is 5.10 Å². The van der Waals surface area contributed by atoms with Gasteiger partial charge >= 0.3 is 0 Å². The van der Waals surface area contributed by atoms with E-state index in [4.69, 9.17) is 0 Å². The van der Waals surface area contributed by atoms with Crippen molar-refractivity contribution in [1.29, 1.82) is 0 Å². The van der Waals surface area contributed by atoms with Crippen LogP contribution in [-0.2, 0) is 9.84 Å². The molecule has 1 aliphatic rings. The van der Waals surface area contributed by atoms with Gasteiger partial charge in [0.1, 0.15) is 6.29 Å². The molecule has 100 valence electrons. The Hall–Kier alpha value is -1.76. The highest BCUT2D eigenvalue weighted by Crippen LogP contribution is 2.26. The van der Waals surface area contributed by atoms with Gasteiger partial charge in [0.15, 0.2) is 21.3 Å². The van der Waals surface area contributed by atoms with Crippen molar-refractivity contribution in [2.24, 2.45) is 0 Å². The van der Waals surface area contributed by atoms with Crippen molar-refractivity contribution >= 4 is 21.8 Å². The first-order valence-electron chi connectivity index (χ1n) is 6.09. The molecule has 0 radical (unpaired) electrons. The minimum atomic E-state index is -2.98. The van der Waals surface area contributed by atoms with Gasteiger partial charge < -0.3 is 0 Å². The van der Waals surface area contributed by atoms with Crippen LogP contribution in [0, 0.1) is 0 Å². The quantitative estimate of drug-likeness (QED) is 0.761. The molecule has 1 atom stereocenters. The lowest BCUT2D eigenvalue weighted by Gasteiger charge is -2.18. The number of pyridine rings is 1. The molecule has 0 aromatic carbocycles. The summed E-state index contributed by atoms with van der Waals surface area (Å²) in [5.74, 6) is 0.779. The first-order valence-corrected chi connectivity index (χ1v) is 7.91. The van der Waals surface area contributed by atoms with E-state index >= 15 is 0 Å². The Morgan fingerprint density at radius 2 is 2.26 bits per heavy atom. The van der Waals surface area contributed by atoms with E-state index in [9.17, 15) is 13.2 Å². The largest absolute Gasteiger partial charge is 0.298 e. The second-order valence-electron chi connectivity index (χ2n) is 4.80. The van der Waals surface area contributed by atoms with Crippen molar-refractivity contribution in [1.82, 2.24) is 14.6 Å². The van der Waals surface area contributed by atoms with Crippen molar-refractivity contribution in [2.45, 2.75) is 18.8 Å². The van der Waals surface area contributed by atoms with E-state index in [1.165, 1.54) is 0 Å². The summed E-state index contributed by atoms with van der Waals surface area (Å²) >= 11 is 0. The fourth-order valence-electron chi connectivity index (χ4n) is 2.39. The van der Waals surface area contributed by atoms with Crippen LogP contribution in [0.2, 0.25) is 0 Å². The average molecular weight is 279 g/mol. The zero-order chi connectivity index (χ0) is 13.5. The molecular formula is C12H13N3O3S. The van der Waals surface area contributed by atoms with Crippen LogP contribution in [0.5, 0.6) is 0 Å². The SMILES string of the molecule is O=Cc1ccn2nc(C3CCCS(=O)(=O)C3)nc2c1. The standard InChI is InChI=1S/C12H13N3O3S/c16-7-9-3-4-15-11(6-9)13-12(14-15)10-2-1-5-19(17,18)8-10/h3-4,6-7,10H,1-2,5,8H2. The van der Waals surface area contributed by atoms with E-state index < -0.39 is 9.84 Å². The average Bonchev–Trinajstić information content (AvgIpc) is 2.80. The first-order chi connectivity index (χ1) is 9.07. The third-order valence-corrected chi connectivity index (χ3v) is 5.16. The molecule has 0 saturated carbocycles. The number of carbonyl (C=O) groups excluding carboxylic acids is 1. The summed E-state index contributed by atoms with van der Waals surface area (Å²) in [5.41, 5.74) is 1.10. The third-order valence-electron chi connectivity index (χ3n) is 3.34. The van der Waals surface area contributed by atoms with Crippen LogP contribution < -0.4 is 0 Å². The topological polar surface area (TPSA) is 81.4 Å². The zero-order valence-electron chi connectivity index (χ0n) is 10.2. The highest BCUT2D eigenvalue weighted by molar-refractivity contribution is 7.91. The van der Waals surface area contributed by atoms with Gasteiger partial charge in [-0.25, -0.2) is 17.9 Å². The van der Waals surface area contributed by atoms with Gasteiger partial charge in [0.05, 0.1) is 11.5 Å². The lowest BCUT2D eigenvalue weighted by Crippen LogP contribution is -2.24. The number of hydrogen-bond donors (Lipinski definition) is 0. The van der Waals surface area contributed by atoms with Crippen molar-refractivity contribution in [3.05, 3.63) is 29.7 Å². The van der Waals surface area contributed by atoms with Gasteiger partial charge in [-0.05, 0) is 25.0 Å². The maximum atomic E-state index is 11.6. The van der Waals surface area contributed by atoms with E-state index in [0.717, 1.165) is 12.7 Å². The fourth-order valence-corrected chi connectivity index (χ4v) is 4.09. The van der Waals surface area contributed by atoms with Crippen LogP contribution in [0.4, 0.5) is 0 Å². The Labute approximate surface area is 110 Å². The molecule has 0 amide bonds. The molecule has 3 rings (SSSR count). The summed E-state index contributed by atoms with van der Waals surface area (Å²) in [6.45, 7) is 0. The lowest BCUT2D eigenvalue weighted by molar-refractivity contribution is 0.112. The van der Waals surface area contributed by atoms with Crippen molar-refractivity contribution < 1.29 is 13.2 Å². The molecule has 0 bridgehead atoms. The van der Waals surface area contributed by atoms with Gasteiger partial charge in [-0.15, -0.1) is 0 Å². The Bertz CT molecular complexity index is 736. The van der Waals surface area contributed by atoms with Crippen molar-refractivity contribution in [2.75, 3.05) is 11.5 Å². The number of hydrogen-bond acceptors (Lipinski definition) is 5. The molecule has 1 unspecified atom stereocenters. The number of sulfone groups is 1. The molecule has 1 aliphatic heterocycles. The number of carbonyl (C=O) groups is 1. The Balaban J connectivity index is 1.99. The van der Waals surface area contributed by atoms with E-state index in [1.54, 1.807) is 22.8 Å². The summed E-state index contributed by atoms with van der Waals surface area (Å²) in [7, 11) is -2.98. The number of aromatic nitrogens is 3. The van der Waals surface area contributed by atoms with Gasteiger partial charge in [0, 0.05) is 17.7 Å². The number of rotatable bonds is 2. The fraction of sp³-hybridized carbons (Fsp3) is 0.417. The maximum absolute atomic E-state index is 11.6. The predicted molar refractivity (Wildman–Crippen MR) is 69.0 cm³/mol. The van der Waals surface area contributed by atoms with E-state index in [-0.39, 0.29) is 17.4 Å². The molecular weight excluding hydrogens is 266 g/mol. The van der Waals surface area contributed by atoms with Crippen LogP contribution in [-0.4, -0.2) is 40.8 Å². The summed E-state index contributed by atoms with van der Waals surface area (Å²) < 4.78 is 24.9. The molecule has 19 heavy (non-hydrogen) atoms. The summed E-state index contributed by atoms with van der Waals surface area (Å²) in [4.78, 5) is 15.0. The zero-order valence-corrected chi connectivity index (χ0v) is 11.0. The lowest BCUT2D eigenvalue weighted by atomic mass is 10.1. The third kappa shape index (κ3) is 2.37. The van der Waals surface area contributed by atoms with Crippen LogP contribution in [0.1, 0.15) is 34.9 Å². The van der Waals surface area contributed by atoms with Gasteiger partial charge in [0.25, 0.3) is 0 Å². The van der Waals surface area contributed by atoms with Crippen LogP contribution in [0.3, 0.4) is 0 Å². The second-order valence-corrected chi connectivity index (χ2v) is 7.03. The molecule has 3 heterocycles. The van der Waals surface area contributed by atoms with Crippen LogP contribution in [0.25, 0.3) is 5.65 Å². The Kier molecular flexibility index (Phi) is 2.85. The normalized spacial score (nSPS) is 22.4. The van der Waals surface area contributed by atoms with Crippen LogP contribution >= 0.6 is 0 Å². The first kappa shape index (κ1) is 12.3. The number of fused-ring (bicyclic) bond motifs is 1. The summed E-state index contributed by atoms with van der Waals surface area (Å²) in [6.07, 6.45) is 3.85. The van der Waals surface area contributed by atoms with Crippen LogP contribution in [0.15, 0.2) is 18.3 Å². The Morgan fingerprint density at radius 3 is 3.00 bits per heavy atom. The molecule has 1 saturated heterocycles. The monoisotopic (exact) mass is 279 g/mol. The van der Waals surface area contributed by atoms with Gasteiger partial charge in [-0.1, -0.05) is 0 Å². The smallest absolute Gasteiger partial charge is 0.156 e. The van der Waals surface area contributed by atoms with E-state index in [0.29, 0.717) is 23.5 Å². The highest BCUT2D eigenvalue weighted by atomic mass is 32.2. The van der Waals surface area contributed by atoms with Crippen molar-refractivity contribution in [3.63, 3.8) is 0 Å². The molecule has 2 aromatic heterocycles. The molecule has 1 fully saturated rings. The highest BCUT2D eigenvalue weighted by Gasteiger charge is 2.28. The molecule has 0 spiro atoms. The molecule has 6 nitrogen and oxygen atoms in total. The van der Waals surface area contributed by atoms with Gasteiger partial charge in [0.2, 0.25) is 0 Å². The number of aldehydes is 1. The molecule has 0 N–H and O–H groups in total. The Morgan fingerprint density at radius 1 is 1.42 bits per heavy atom. The second kappa shape index (κ2) is 4.41. The maximum Gasteiger partial charge on any atom is 0.156 e. The van der Waals surface area contributed by atoms with Gasteiger partial charge in [-0.3, -0.25) is 4.79 Å². The molecule has 2 aromatic rings. The van der Waals surface area contributed by atoms with E-state index in [2.05, 4.69) is 10.1 Å².